The molecular weight excluding hydrogens is 360 g/mol. The fourth-order valence-corrected chi connectivity index (χ4v) is 3.50. The molecule has 2 N–H and O–H groups in total. The maximum atomic E-state index is 11.8. The molecule has 5 nitrogen and oxygen atoms in total. The number of amides is 1. The minimum Gasteiger partial charge on any atom is -0.481 e. The molecule has 0 aromatic heterocycles. The molecule has 0 saturated heterocycles. The molecule has 0 aliphatic rings. The predicted molar refractivity (Wildman–Crippen MR) is 110 cm³/mol. The first-order chi connectivity index (χ1) is 13.1. The van der Waals surface area contributed by atoms with E-state index >= 15 is 0 Å². The third-order valence-electron chi connectivity index (χ3n) is 4.22. The number of aliphatic carboxylic acids is 1. The third-order valence-corrected chi connectivity index (χ3v) is 5.23. The number of carbonyl (C=O) groups excluding carboxylic acids is 1. The van der Waals surface area contributed by atoms with Crippen LogP contribution in [0.3, 0.4) is 0 Å². The van der Waals surface area contributed by atoms with Crippen LogP contribution >= 0.6 is 11.8 Å². The summed E-state index contributed by atoms with van der Waals surface area (Å²) in [6.45, 7) is 0.731. The minimum absolute atomic E-state index is 0.0760. The highest BCUT2D eigenvalue weighted by molar-refractivity contribution is 7.99. The molecule has 0 atom stereocenters. The predicted octanol–water partition coefficient (Wildman–Crippen LogP) is 4.50. The van der Waals surface area contributed by atoms with Crippen LogP contribution in [0, 0.1) is 11.3 Å². The number of nitriles is 1. The SMILES string of the molecule is N#Cc1ccc(CSCC(=O)NCCCCCCCCCCC(=O)O)cc1. The number of nitrogens with one attached hydrogen (secondary N) is 1. The third kappa shape index (κ3) is 12.9. The number of hydrogen-bond acceptors (Lipinski definition) is 4. The second-order valence-corrected chi connectivity index (χ2v) is 7.61. The summed E-state index contributed by atoms with van der Waals surface area (Å²) in [7, 11) is 0. The molecule has 0 aliphatic heterocycles. The van der Waals surface area contributed by atoms with Gasteiger partial charge in [0.25, 0.3) is 0 Å². The highest BCUT2D eigenvalue weighted by atomic mass is 32.2. The Morgan fingerprint density at radius 3 is 2.15 bits per heavy atom. The Morgan fingerprint density at radius 1 is 0.963 bits per heavy atom. The number of nitrogens with zero attached hydrogens (tertiary/aromatic N) is 1. The topological polar surface area (TPSA) is 90.2 Å². The zero-order chi connectivity index (χ0) is 19.7. The van der Waals surface area contributed by atoms with Crippen molar-refractivity contribution in [3.8, 4) is 6.07 Å². The molecule has 0 fully saturated rings. The normalized spacial score (nSPS) is 10.3. The Balaban J connectivity index is 1.89. The highest BCUT2D eigenvalue weighted by Crippen LogP contribution is 2.13. The first-order valence-electron chi connectivity index (χ1n) is 9.67. The van der Waals surface area contributed by atoms with Gasteiger partial charge in [-0.1, -0.05) is 50.7 Å². The van der Waals surface area contributed by atoms with E-state index in [2.05, 4.69) is 11.4 Å². The summed E-state index contributed by atoms with van der Waals surface area (Å²) in [6, 6.07) is 9.54. The summed E-state index contributed by atoms with van der Waals surface area (Å²) in [6.07, 6.45) is 8.82. The van der Waals surface area contributed by atoms with Crippen molar-refractivity contribution in [2.45, 2.75) is 63.5 Å². The van der Waals surface area contributed by atoms with Crippen molar-refractivity contribution in [3.05, 3.63) is 35.4 Å². The lowest BCUT2D eigenvalue weighted by molar-refractivity contribution is -0.137. The Hall–Kier alpha value is -2.00. The Morgan fingerprint density at radius 2 is 1.56 bits per heavy atom. The molecule has 1 aromatic rings. The van der Waals surface area contributed by atoms with Crippen molar-refractivity contribution in [2.24, 2.45) is 0 Å². The lowest BCUT2D eigenvalue weighted by atomic mass is 10.1. The maximum absolute atomic E-state index is 11.8. The molecule has 27 heavy (non-hydrogen) atoms. The van der Waals surface area contributed by atoms with Crippen LogP contribution in [0.1, 0.15) is 68.9 Å². The second-order valence-electron chi connectivity index (χ2n) is 6.62. The number of carboxylic acids is 1. The van der Waals surface area contributed by atoms with Gasteiger partial charge in [0.1, 0.15) is 0 Å². The standard InChI is InChI=1S/C21H30N2O3S/c22-15-18-10-12-19(13-11-18)16-27-17-20(24)23-14-8-6-4-2-1-3-5-7-9-21(25)26/h10-13H,1-9,14,16-17H2,(H,23,24)(H,25,26). The van der Waals surface area contributed by atoms with E-state index in [1.165, 1.54) is 12.8 Å². The summed E-state index contributed by atoms with van der Waals surface area (Å²) in [5, 5.41) is 20.3. The van der Waals surface area contributed by atoms with Crippen molar-refractivity contribution < 1.29 is 14.7 Å². The van der Waals surface area contributed by atoms with Crippen LogP contribution in [0.4, 0.5) is 0 Å². The lowest BCUT2D eigenvalue weighted by Gasteiger charge is -2.06. The number of unbranched alkanes of at least 4 members (excludes halogenated alkanes) is 7. The Kier molecular flexibility index (Phi) is 12.9. The van der Waals surface area contributed by atoms with Crippen molar-refractivity contribution in [3.63, 3.8) is 0 Å². The van der Waals surface area contributed by atoms with Crippen LogP contribution in [-0.2, 0) is 15.3 Å². The van der Waals surface area contributed by atoms with Gasteiger partial charge in [-0.2, -0.15) is 5.26 Å². The molecule has 0 bridgehead atoms. The first-order valence-corrected chi connectivity index (χ1v) is 10.8. The van der Waals surface area contributed by atoms with Crippen LogP contribution in [0.2, 0.25) is 0 Å². The van der Waals surface area contributed by atoms with Gasteiger partial charge in [-0.05, 0) is 30.5 Å². The van der Waals surface area contributed by atoms with E-state index in [9.17, 15) is 9.59 Å². The van der Waals surface area contributed by atoms with E-state index < -0.39 is 5.97 Å². The molecule has 0 spiro atoms. The first kappa shape index (κ1) is 23.0. The van der Waals surface area contributed by atoms with Gasteiger partial charge in [-0.3, -0.25) is 9.59 Å². The summed E-state index contributed by atoms with van der Waals surface area (Å²) in [5.41, 5.74) is 1.77. The summed E-state index contributed by atoms with van der Waals surface area (Å²) >= 11 is 1.58. The molecule has 1 aromatic carbocycles. The Bertz CT molecular complexity index is 596. The quantitative estimate of drug-likeness (QED) is 0.430. The fourth-order valence-electron chi connectivity index (χ4n) is 2.68. The van der Waals surface area contributed by atoms with E-state index in [4.69, 9.17) is 10.4 Å². The number of thioether (sulfide) groups is 1. The molecule has 0 radical (unpaired) electrons. The number of hydrogen-bond donors (Lipinski definition) is 2. The highest BCUT2D eigenvalue weighted by Gasteiger charge is 2.02. The molecule has 1 amide bonds. The Labute approximate surface area is 166 Å². The van der Waals surface area contributed by atoms with Crippen molar-refractivity contribution in [2.75, 3.05) is 12.3 Å². The van der Waals surface area contributed by atoms with Gasteiger partial charge in [0.15, 0.2) is 0 Å². The van der Waals surface area contributed by atoms with E-state index in [0.717, 1.165) is 56.4 Å². The molecule has 0 unspecified atom stereocenters. The molecule has 6 heteroatoms. The van der Waals surface area contributed by atoms with E-state index in [0.29, 0.717) is 11.3 Å². The summed E-state index contributed by atoms with van der Waals surface area (Å²) < 4.78 is 0. The van der Waals surface area contributed by atoms with Crippen LogP contribution < -0.4 is 5.32 Å². The van der Waals surface area contributed by atoms with Crippen LogP contribution in [0.15, 0.2) is 24.3 Å². The zero-order valence-corrected chi connectivity index (χ0v) is 16.7. The van der Waals surface area contributed by atoms with Crippen LogP contribution in [-0.4, -0.2) is 29.3 Å². The molecule has 0 aliphatic carbocycles. The van der Waals surface area contributed by atoms with Gasteiger partial charge in [0, 0.05) is 18.7 Å². The minimum atomic E-state index is -0.704. The van der Waals surface area contributed by atoms with Crippen LogP contribution in [0.5, 0.6) is 0 Å². The summed E-state index contributed by atoms with van der Waals surface area (Å²) in [4.78, 5) is 22.2. The average Bonchev–Trinajstić information content (AvgIpc) is 2.66. The smallest absolute Gasteiger partial charge is 0.303 e. The molecule has 148 valence electrons. The molecular formula is C21H30N2O3S. The van der Waals surface area contributed by atoms with E-state index in [1.54, 1.807) is 23.9 Å². The van der Waals surface area contributed by atoms with Crippen molar-refractivity contribution in [1.29, 1.82) is 5.26 Å². The number of rotatable bonds is 15. The largest absolute Gasteiger partial charge is 0.481 e. The van der Waals surface area contributed by atoms with Gasteiger partial charge >= 0.3 is 5.97 Å². The monoisotopic (exact) mass is 390 g/mol. The average molecular weight is 391 g/mol. The van der Waals surface area contributed by atoms with Gasteiger partial charge in [0.05, 0.1) is 17.4 Å². The fraction of sp³-hybridized carbons (Fsp3) is 0.571. The summed E-state index contributed by atoms with van der Waals surface area (Å²) in [5.74, 6) is 0.596. The number of carboxylic acid groups (broad SMARTS) is 1. The van der Waals surface area contributed by atoms with E-state index in [-0.39, 0.29) is 12.3 Å². The molecule has 0 heterocycles. The van der Waals surface area contributed by atoms with Gasteiger partial charge in [-0.15, -0.1) is 11.8 Å². The van der Waals surface area contributed by atoms with Gasteiger partial charge in [-0.25, -0.2) is 0 Å². The maximum Gasteiger partial charge on any atom is 0.303 e. The number of carbonyl (C=O) groups is 2. The van der Waals surface area contributed by atoms with Crippen molar-refractivity contribution in [1.82, 2.24) is 5.32 Å². The second kappa shape index (κ2) is 15.1. The van der Waals surface area contributed by atoms with Gasteiger partial charge in [0.2, 0.25) is 5.91 Å². The number of benzene rings is 1. The zero-order valence-electron chi connectivity index (χ0n) is 15.9. The van der Waals surface area contributed by atoms with Gasteiger partial charge < -0.3 is 10.4 Å². The molecule has 0 saturated carbocycles. The van der Waals surface area contributed by atoms with Crippen LogP contribution in [0.25, 0.3) is 0 Å². The van der Waals surface area contributed by atoms with Crippen molar-refractivity contribution >= 4 is 23.6 Å². The van der Waals surface area contributed by atoms with E-state index in [1.807, 2.05) is 12.1 Å². The lowest BCUT2D eigenvalue weighted by Crippen LogP contribution is -2.26. The molecule has 1 rings (SSSR count).